The molecule has 7 nitrogen and oxygen atoms in total. The molecule has 3 rings (SSSR count). The summed E-state index contributed by atoms with van der Waals surface area (Å²) in [5.41, 5.74) is 0. The van der Waals surface area contributed by atoms with Crippen LogP contribution in [0.15, 0.2) is 12.3 Å². The summed E-state index contributed by atoms with van der Waals surface area (Å²) in [6.07, 6.45) is 7.11. The van der Waals surface area contributed by atoms with Gasteiger partial charge in [-0.15, -0.1) is 11.3 Å². The zero-order valence-electron chi connectivity index (χ0n) is 17.3. The number of aromatic nitrogens is 3. The van der Waals surface area contributed by atoms with E-state index in [1.807, 2.05) is 40.0 Å². The maximum absolute atomic E-state index is 11.3. The number of aryl methyl sites for hydroxylation is 1. The van der Waals surface area contributed by atoms with E-state index >= 15 is 0 Å². The van der Waals surface area contributed by atoms with Crippen LogP contribution in [0.1, 0.15) is 70.0 Å². The van der Waals surface area contributed by atoms with Crippen molar-refractivity contribution >= 4 is 34.0 Å². The van der Waals surface area contributed by atoms with Gasteiger partial charge in [-0.1, -0.05) is 34.1 Å². The van der Waals surface area contributed by atoms with Crippen LogP contribution in [0.4, 0.5) is 16.8 Å². The Bertz CT molecular complexity index is 744. The molecule has 0 aliphatic heterocycles. The minimum atomic E-state index is 0.0529. The summed E-state index contributed by atoms with van der Waals surface area (Å²) < 4.78 is 0. The van der Waals surface area contributed by atoms with Gasteiger partial charge in [-0.25, -0.2) is 15.0 Å². The zero-order chi connectivity index (χ0) is 20.4. The van der Waals surface area contributed by atoms with Crippen LogP contribution in [0.5, 0.6) is 0 Å². The maximum atomic E-state index is 11.3. The van der Waals surface area contributed by atoms with E-state index in [2.05, 4.69) is 30.9 Å². The molecular weight excluding hydrogens is 372 g/mol. The number of nitrogens with one attached hydrogen (secondary N) is 3. The largest absolute Gasteiger partial charge is 0.368 e. The van der Waals surface area contributed by atoms with E-state index in [4.69, 9.17) is 0 Å². The fourth-order valence-corrected chi connectivity index (χ4v) is 3.65. The first-order chi connectivity index (χ1) is 13.7. The number of amides is 1. The van der Waals surface area contributed by atoms with Crippen LogP contribution in [-0.4, -0.2) is 33.9 Å². The number of hydrogen-bond acceptors (Lipinski definition) is 7. The molecule has 154 valence electrons. The Kier molecular flexibility index (Phi) is 9.13. The highest BCUT2D eigenvalue weighted by atomic mass is 32.1. The van der Waals surface area contributed by atoms with Crippen LogP contribution < -0.4 is 16.0 Å². The summed E-state index contributed by atoms with van der Waals surface area (Å²) in [5, 5.41) is 10.3. The fourth-order valence-electron chi connectivity index (χ4n) is 2.66. The Labute approximate surface area is 171 Å². The molecule has 2 heterocycles. The third-order valence-electron chi connectivity index (χ3n) is 4.43. The van der Waals surface area contributed by atoms with Crippen LogP contribution in [0.2, 0.25) is 0 Å². The van der Waals surface area contributed by atoms with Gasteiger partial charge in [0.05, 0.1) is 0 Å². The second-order valence-corrected chi connectivity index (χ2v) is 7.42. The van der Waals surface area contributed by atoms with Crippen molar-refractivity contribution in [3.8, 4) is 0 Å². The second kappa shape index (κ2) is 11.6. The van der Waals surface area contributed by atoms with Crippen molar-refractivity contribution in [2.24, 2.45) is 0 Å². The van der Waals surface area contributed by atoms with Crippen molar-refractivity contribution in [3.05, 3.63) is 23.0 Å². The summed E-state index contributed by atoms with van der Waals surface area (Å²) in [7, 11) is 0. The van der Waals surface area contributed by atoms with Crippen molar-refractivity contribution in [1.82, 2.24) is 20.3 Å². The average Bonchev–Trinajstić information content (AvgIpc) is 3.12. The topological polar surface area (TPSA) is 91.8 Å². The van der Waals surface area contributed by atoms with E-state index in [1.54, 1.807) is 11.3 Å². The lowest BCUT2D eigenvalue weighted by Gasteiger charge is -2.23. The zero-order valence-corrected chi connectivity index (χ0v) is 18.2. The molecule has 1 aliphatic carbocycles. The lowest BCUT2D eigenvalue weighted by molar-refractivity contribution is -0.120. The molecule has 3 N–H and O–H groups in total. The van der Waals surface area contributed by atoms with Crippen molar-refractivity contribution < 1.29 is 4.79 Å². The molecule has 1 amide bonds. The number of carbonyl (C=O) groups excluding carboxylic acids is 1. The van der Waals surface area contributed by atoms with Gasteiger partial charge in [0.25, 0.3) is 0 Å². The Hall–Kier alpha value is -2.22. The molecule has 2 aromatic heterocycles. The molecule has 28 heavy (non-hydrogen) atoms. The van der Waals surface area contributed by atoms with E-state index in [0.29, 0.717) is 25.4 Å². The van der Waals surface area contributed by atoms with Gasteiger partial charge in [-0.05, 0) is 18.8 Å². The van der Waals surface area contributed by atoms with Gasteiger partial charge < -0.3 is 16.0 Å². The fraction of sp³-hybridized carbons (Fsp3) is 0.600. The average molecular weight is 405 g/mol. The lowest BCUT2D eigenvalue weighted by Crippen LogP contribution is -2.28. The van der Waals surface area contributed by atoms with Crippen molar-refractivity contribution in [1.29, 1.82) is 0 Å². The third kappa shape index (κ3) is 6.44. The molecule has 0 aromatic carbocycles. The Balaban J connectivity index is 0.00000136. The molecule has 0 spiro atoms. The monoisotopic (exact) mass is 404 g/mol. The number of anilines is 3. The molecule has 1 saturated carbocycles. The molecule has 1 aliphatic rings. The van der Waals surface area contributed by atoms with Gasteiger partial charge in [0.15, 0.2) is 5.13 Å². The van der Waals surface area contributed by atoms with E-state index in [0.717, 1.165) is 29.0 Å². The summed E-state index contributed by atoms with van der Waals surface area (Å²) in [6, 6.07) is 1.88. The molecule has 1 fully saturated rings. The highest BCUT2D eigenvalue weighted by Gasteiger charge is 2.21. The van der Waals surface area contributed by atoms with Gasteiger partial charge in [0, 0.05) is 43.1 Å². The standard InChI is InChI=1S/C18H26N6OS.C2H6/c1-3-14-22-15(19-8-9-20-17(25)4-2)10-16(23-14)24-18-21-11-13(26-18)12-6-5-7-12;1-2/h10-12H,3-9H2,1-2H3,(H,20,25)(H2,19,21,22,23,24);1-2H3. The number of thiazole rings is 1. The van der Waals surface area contributed by atoms with Crippen LogP contribution in [-0.2, 0) is 11.2 Å². The van der Waals surface area contributed by atoms with Gasteiger partial charge in [0.2, 0.25) is 5.91 Å². The van der Waals surface area contributed by atoms with E-state index in [9.17, 15) is 4.79 Å². The molecule has 0 unspecified atom stereocenters. The van der Waals surface area contributed by atoms with Gasteiger partial charge in [-0.2, -0.15) is 0 Å². The molecule has 0 saturated heterocycles. The summed E-state index contributed by atoms with van der Waals surface area (Å²) >= 11 is 1.71. The first-order valence-electron chi connectivity index (χ1n) is 10.3. The number of nitrogens with zero attached hydrogens (tertiary/aromatic N) is 3. The van der Waals surface area contributed by atoms with Crippen LogP contribution >= 0.6 is 11.3 Å². The smallest absolute Gasteiger partial charge is 0.219 e. The third-order valence-corrected chi connectivity index (χ3v) is 5.50. The molecule has 0 bridgehead atoms. The molecule has 0 atom stereocenters. The van der Waals surface area contributed by atoms with Gasteiger partial charge in [0.1, 0.15) is 17.5 Å². The lowest BCUT2D eigenvalue weighted by atomic mass is 9.85. The van der Waals surface area contributed by atoms with E-state index < -0.39 is 0 Å². The number of carbonyl (C=O) groups is 1. The first-order valence-corrected chi connectivity index (χ1v) is 11.1. The highest BCUT2D eigenvalue weighted by molar-refractivity contribution is 7.15. The Morgan fingerprint density at radius 1 is 1.18 bits per heavy atom. The maximum Gasteiger partial charge on any atom is 0.219 e. The van der Waals surface area contributed by atoms with Gasteiger partial charge >= 0.3 is 0 Å². The molecule has 2 aromatic rings. The normalized spacial score (nSPS) is 13.1. The second-order valence-electron chi connectivity index (χ2n) is 6.36. The Morgan fingerprint density at radius 3 is 2.57 bits per heavy atom. The molecule has 8 heteroatoms. The first kappa shape index (κ1) is 22.1. The van der Waals surface area contributed by atoms with E-state index in [-0.39, 0.29) is 5.91 Å². The minimum Gasteiger partial charge on any atom is -0.368 e. The predicted octanol–water partition coefficient (Wildman–Crippen LogP) is 4.47. The minimum absolute atomic E-state index is 0.0529. The number of hydrogen-bond donors (Lipinski definition) is 3. The SMILES string of the molecule is CC.CCC(=O)NCCNc1cc(Nc2ncc(C3CCC3)s2)nc(CC)n1. The van der Waals surface area contributed by atoms with Crippen molar-refractivity contribution in [2.75, 3.05) is 23.7 Å². The van der Waals surface area contributed by atoms with Crippen LogP contribution in [0.25, 0.3) is 0 Å². The van der Waals surface area contributed by atoms with Crippen molar-refractivity contribution in [3.63, 3.8) is 0 Å². The van der Waals surface area contributed by atoms with Gasteiger partial charge in [-0.3, -0.25) is 4.79 Å². The quantitative estimate of drug-likeness (QED) is 0.534. The summed E-state index contributed by atoms with van der Waals surface area (Å²) in [5.74, 6) is 3.01. The van der Waals surface area contributed by atoms with Crippen LogP contribution in [0.3, 0.4) is 0 Å². The Morgan fingerprint density at radius 2 is 1.93 bits per heavy atom. The highest BCUT2D eigenvalue weighted by Crippen LogP contribution is 2.40. The number of rotatable bonds is 9. The molecule has 0 radical (unpaired) electrons. The summed E-state index contributed by atoms with van der Waals surface area (Å²) in [4.78, 5) is 26.1. The molecular formula is C20H32N6OS. The summed E-state index contributed by atoms with van der Waals surface area (Å²) in [6.45, 7) is 9.06. The van der Waals surface area contributed by atoms with Crippen LogP contribution in [0, 0.1) is 0 Å². The van der Waals surface area contributed by atoms with E-state index in [1.165, 1.54) is 24.1 Å². The van der Waals surface area contributed by atoms with Crippen molar-refractivity contribution in [2.45, 2.75) is 65.7 Å². The predicted molar refractivity (Wildman–Crippen MR) is 117 cm³/mol.